The van der Waals surface area contributed by atoms with Crippen LogP contribution in [0, 0.1) is 5.82 Å². The lowest BCUT2D eigenvalue weighted by molar-refractivity contribution is -0.0168. The molecular weight excluding hydrogens is 275 g/mol. The zero-order valence-electron chi connectivity index (χ0n) is 12.4. The Hall–Kier alpha value is -1.47. The SMILES string of the molecule is CN(C)c1nc(N2CCC3(CC2)C[C@H](O)CO3)ncc1F. The monoisotopic (exact) mass is 296 g/mol. The van der Waals surface area contributed by atoms with Crippen LogP contribution in [0.2, 0.25) is 0 Å². The van der Waals surface area contributed by atoms with E-state index in [0.29, 0.717) is 24.8 Å². The molecule has 0 amide bonds. The largest absolute Gasteiger partial charge is 0.391 e. The molecule has 6 nitrogen and oxygen atoms in total. The van der Waals surface area contributed by atoms with Crippen molar-refractivity contribution < 1.29 is 14.2 Å². The van der Waals surface area contributed by atoms with Gasteiger partial charge in [0, 0.05) is 33.6 Å². The van der Waals surface area contributed by atoms with Crippen molar-refractivity contribution in [3.8, 4) is 0 Å². The van der Waals surface area contributed by atoms with Gasteiger partial charge in [-0.1, -0.05) is 0 Å². The van der Waals surface area contributed by atoms with Gasteiger partial charge in [-0.25, -0.2) is 9.37 Å². The fraction of sp³-hybridized carbons (Fsp3) is 0.714. The summed E-state index contributed by atoms with van der Waals surface area (Å²) in [5.74, 6) is 0.431. The molecular formula is C14H21FN4O2. The number of ether oxygens (including phenoxy) is 1. The van der Waals surface area contributed by atoms with Crippen molar-refractivity contribution in [3.63, 3.8) is 0 Å². The number of hydrogen-bond acceptors (Lipinski definition) is 6. The van der Waals surface area contributed by atoms with Crippen LogP contribution in [-0.2, 0) is 4.74 Å². The van der Waals surface area contributed by atoms with Crippen LogP contribution in [0.4, 0.5) is 16.2 Å². The van der Waals surface area contributed by atoms with Crippen LogP contribution in [0.5, 0.6) is 0 Å². The van der Waals surface area contributed by atoms with Crippen molar-refractivity contribution in [1.82, 2.24) is 9.97 Å². The zero-order valence-corrected chi connectivity index (χ0v) is 12.4. The van der Waals surface area contributed by atoms with Crippen LogP contribution in [0.15, 0.2) is 6.20 Å². The fourth-order valence-electron chi connectivity index (χ4n) is 3.10. The Morgan fingerprint density at radius 1 is 1.43 bits per heavy atom. The summed E-state index contributed by atoms with van der Waals surface area (Å²) in [7, 11) is 3.52. The van der Waals surface area contributed by atoms with Gasteiger partial charge in [-0.15, -0.1) is 0 Å². The highest BCUT2D eigenvalue weighted by Crippen LogP contribution is 2.36. The first-order valence-electron chi connectivity index (χ1n) is 7.26. The fourth-order valence-corrected chi connectivity index (χ4v) is 3.10. The second-order valence-electron chi connectivity index (χ2n) is 6.07. The number of aromatic nitrogens is 2. The summed E-state index contributed by atoms with van der Waals surface area (Å²) in [5.41, 5.74) is -0.194. The quantitative estimate of drug-likeness (QED) is 0.871. The number of halogens is 1. The highest BCUT2D eigenvalue weighted by Gasteiger charge is 2.42. The van der Waals surface area contributed by atoms with Crippen molar-refractivity contribution in [2.24, 2.45) is 0 Å². The minimum absolute atomic E-state index is 0.194. The molecule has 0 bridgehead atoms. The first-order valence-corrected chi connectivity index (χ1v) is 7.26. The lowest BCUT2D eigenvalue weighted by Gasteiger charge is -2.38. The van der Waals surface area contributed by atoms with Gasteiger partial charge < -0.3 is 19.6 Å². The summed E-state index contributed by atoms with van der Waals surface area (Å²) in [4.78, 5) is 12.1. The summed E-state index contributed by atoms with van der Waals surface area (Å²) < 4.78 is 19.4. The average molecular weight is 296 g/mol. The Balaban J connectivity index is 1.71. The second kappa shape index (κ2) is 5.38. The first-order chi connectivity index (χ1) is 9.99. The number of hydrogen-bond donors (Lipinski definition) is 1. The molecule has 0 aromatic carbocycles. The molecule has 116 valence electrons. The Morgan fingerprint density at radius 2 is 2.14 bits per heavy atom. The molecule has 0 aliphatic carbocycles. The van der Waals surface area contributed by atoms with Crippen molar-refractivity contribution in [3.05, 3.63) is 12.0 Å². The Morgan fingerprint density at radius 3 is 2.71 bits per heavy atom. The molecule has 1 aromatic rings. The summed E-state index contributed by atoms with van der Waals surface area (Å²) in [5, 5.41) is 9.65. The van der Waals surface area contributed by atoms with E-state index < -0.39 is 5.82 Å². The highest BCUT2D eigenvalue weighted by atomic mass is 19.1. The number of nitrogens with zero attached hydrogens (tertiary/aromatic N) is 4. The maximum absolute atomic E-state index is 13.6. The topological polar surface area (TPSA) is 61.7 Å². The molecule has 3 heterocycles. The Kier molecular flexibility index (Phi) is 3.71. The maximum atomic E-state index is 13.6. The smallest absolute Gasteiger partial charge is 0.227 e. The lowest BCUT2D eigenvalue weighted by Crippen LogP contribution is -2.45. The highest BCUT2D eigenvalue weighted by molar-refractivity contribution is 5.44. The van der Waals surface area contributed by atoms with E-state index in [1.807, 2.05) is 4.90 Å². The lowest BCUT2D eigenvalue weighted by atomic mass is 9.88. The number of anilines is 2. The van der Waals surface area contributed by atoms with Crippen LogP contribution in [0.25, 0.3) is 0 Å². The summed E-state index contributed by atoms with van der Waals surface area (Å²) in [6.07, 6.45) is 3.25. The van der Waals surface area contributed by atoms with E-state index in [1.54, 1.807) is 19.0 Å². The van der Waals surface area contributed by atoms with Crippen LogP contribution >= 0.6 is 0 Å². The number of piperidine rings is 1. The van der Waals surface area contributed by atoms with Gasteiger partial charge in [-0.3, -0.25) is 0 Å². The van der Waals surface area contributed by atoms with Gasteiger partial charge >= 0.3 is 0 Å². The third-order valence-electron chi connectivity index (χ3n) is 4.28. The van der Waals surface area contributed by atoms with Crippen molar-refractivity contribution in [2.75, 3.05) is 43.6 Å². The third kappa shape index (κ3) is 2.80. The van der Waals surface area contributed by atoms with Gasteiger partial charge in [0.15, 0.2) is 11.6 Å². The second-order valence-corrected chi connectivity index (χ2v) is 6.07. The van der Waals surface area contributed by atoms with E-state index in [-0.39, 0.29) is 11.7 Å². The van der Waals surface area contributed by atoms with E-state index in [4.69, 9.17) is 4.74 Å². The van der Waals surface area contributed by atoms with Crippen molar-refractivity contribution in [1.29, 1.82) is 0 Å². The number of aliphatic hydroxyl groups excluding tert-OH is 1. The molecule has 3 rings (SSSR count). The van der Waals surface area contributed by atoms with E-state index >= 15 is 0 Å². The minimum Gasteiger partial charge on any atom is -0.391 e. The average Bonchev–Trinajstić information content (AvgIpc) is 2.81. The first kappa shape index (κ1) is 14.5. The van der Waals surface area contributed by atoms with Gasteiger partial charge in [0.2, 0.25) is 5.95 Å². The molecule has 1 atom stereocenters. The van der Waals surface area contributed by atoms with Crippen molar-refractivity contribution in [2.45, 2.75) is 31.0 Å². The van der Waals surface area contributed by atoms with Gasteiger partial charge in [-0.05, 0) is 12.8 Å². The molecule has 7 heteroatoms. The molecule has 2 saturated heterocycles. The molecule has 0 saturated carbocycles. The van der Waals surface area contributed by atoms with E-state index in [2.05, 4.69) is 9.97 Å². The van der Waals surface area contributed by atoms with Crippen molar-refractivity contribution >= 4 is 11.8 Å². The number of aliphatic hydroxyl groups is 1. The van der Waals surface area contributed by atoms with E-state index in [0.717, 1.165) is 25.9 Å². The minimum atomic E-state index is -0.417. The Bertz CT molecular complexity index is 518. The Labute approximate surface area is 123 Å². The summed E-state index contributed by atoms with van der Waals surface area (Å²) in [6.45, 7) is 1.94. The van der Waals surface area contributed by atoms with Crippen LogP contribution in [0.1, 0.15) is 19.3 Å². The molecule has 2 aliphatic rings. The third-order valence-corrected chi connectivity index (χ3v) is 4.28. The maximum Gasteiger partial charge on any atom is 0.227 e. The molecule has 2 fully saturated rings. The summed E-state index contributed by atoms with van der Waals surface area (Å²) >= 11 is 0. The summed E-state index contributed by atoms with van der Waals surface area (Å²) in [6, 6.07) is 0. The van der Waals surface area contributed by atoms with Crippen LogP contribution < -0.4 is 9.80 Å². The van der Waals surface area contributed by atoms with E-state index in [9.17, 15) is 9.50 Å². The normalized spacial score (nSPS) is 24.6. The molecule has 0 unspecified atom stereocenters. The predicted octanol–water partition coefficient (Wildman–Crippen LogP) is 0.802. The zero-order chi connectivity index (χ0) is 15.0. The van der Waals surface area contributed by atoms with Crippen LogP contribution in [0.3, 0.4) is 0 Å². The molecule has 0 radical (unpaired) electrons. The molecule has 2 aliphatic heterocycles. The number of rotatable bonds is 2. The molecule has 1 spiro atoms. The van der Waals surface area contributed by atoms with Gasteiger partial charge in [-0.2, -0.15) is 4.98 Å². The molecule has 1 N–H and O–H groups in total. The predicted molar refractivity (Wildman–Crippen MR) is 77.1 cm³/mol. The molecule has 1 aromatic heterocycles. The molecule has 21 heavy (non-hydrogen) atoms. The van der Waals surface area contributed by atoms with Gasteiger partial charge in [0.25, 0.3) is 0 Å². The van der Waals surface area contributed by atoms with Gasteiger partial charge in [0.05, 0.1) is 24.5 Å². The standard InChI is InChI=1S/C14H21FN4O2/c1-18(2)12-11(15)8-16-13(17-12)19-5-3-14(4-6-19)7-10(20)9-21-14/h8,10,20H,3-7,9H2,1-2H3/t10-/m0/s1. The van der Waals surface area contributed by atoms with Gasteiger partial charge in [0.1, 0.15) is 0 Å². The van der Waals surface area contributed by atoms with Crippen LogP contribution in [-0.4, -0.2) is 60.6 Å². The van der Waals surface area contributed by atoms with E-state index in [1.165, 1.54) is 6.20 Å².